The van der Waals surface area contributed by atoms with Crippen molar-refractivity contribution in [2.24, 2.45) is 0 Å². The summed E-state index contributed by atoms with van der Waals surface area (Å²) in [7, 11) is 0. The highest BCUT2D eigenvalue weighted by atomic mass is 16.5. The first-order valence-electron chi connectivity index (χ1n) is 7.16. The van der Waals surface area contributed by atoms with Gasteiger partial charge in [0.2, 0.25) is 0 Å². The van der Waals surface area contributed by atoms with Crippen LogP contribution >= 0.6 is 0 Å². The summed E-state index contributed by atoms with van der Waals surface area (Å²) in [5.41, 5.74) is 2.04. The Labute approximate surface area is 115 Å². The minimum Gasteiger partial charge on any atom is -0.425 e. The van der Waals surface area contributed by atoms with Crippen molar-refractivity contribution in [3.63, 3.8) is 0 Å². The SMILES string of the molecule is Cc1cccc(C)c1OC(=O)CN1CCCCCC1. The number of nitrogens with zero attached hydrogens (tertiary/aromatic N) is 1. The summed E-state index contributed by atoms with van der Waals surface area (Å²) in [6, 6.07) is 5.93. The normalized spacial score (nSPS) is 16.9. The van der Waals surface area contributed by atoms with Crippen LogP contribution < -0.4 is 4.74 Å². The number of ether oxygens (including phenoxy) is 1. The van der Waals surface area contributed by atoms with Gasteiger partial charge in [0, 0.05) is 0 Å². The fourth-order valence-corrected chi connectivity index (χ4v) is 2.58. The van der Waals surface area contributed by atoms with Crippen LogP contribution in [0.4, 0.5) is 0 Å². The summed E-state index contributed by atoms with van der Waals surface area (Å²) >= 11 is 0. The van der Waals surface area contributed by atoms with Gasteiger partial charge in [0.25, 0.3) is 0 Å². The Morgan fingerprint density at radius 2 is 1.68 bits per heavy atom. The van der Waals surface area contributed by atoms with Crippen molar-refractivity contribution in [3.8, 4) is 5.75 Å². The van der Waals surface area contributed by atoms with E-state index in [1.54, 1.807) is 0 Å². The lowest BCUT2D eigenvalue weighted by Crippen LogP contribution is -2.33. The third-order valence-corrected chi connectivity index (χ3v) is 3.68. The van der Waals surface area contributed by atoms with E-state index in [1.807, 2.05) is 32.0 Å². The molecule has 0 radical (unpaired) electrons. The summed E-state index contributed by atoms with van der Waals surface area (Å²) < 4.78 is 5.54. The minimum absolute atomic E-state index is 0.140. The van der Waals surface area contributed by atoms with Crippen LogP contribution in [0.15, 0.2) is 18.2 Å². The Kier molecular flexibility index (Phi) is 4.97. The summed E-state index contributed by atoms with van der Waals surface area (Å²) in [6.45, 7) is 6.39. The molecule has 0 bridgehead atoms. The van der Waals surface area contributed by atoms with Crippen molar-refractivity contribution in [1.29, 1.82) is 0 Å². The van der Waals surface area contributed by atoms with Gasteiger partial charge in [-0.3, -0.25) is 9.69 Å². The maximum atomic E-state index is 12.0. The number of aryl methyl sites for hydroxylation is 2. The third-order valence-electron chi connectivity index (χ3n) is 3.68. The fourth-order valence-electron chi connectivity index (χ4n) is 2.58. The van der Waals surface area contributed by atoms with E-state index in [0.717, 1.165) is 30.0 Å². The number of hydrogen-bond acceptors (Lipinski definition) is 3. The van der Waals surface area contributed by atoms with Crippen molar-refractivity contribution in [1.82, 2.24) is 4.90 Å². The second-order valence-corrected chi connectivity index (χ2v) is 5.39. The molecule has 1 aromatic rings. The first-order valence-corrected chi connectivity index (χ1v) is 7.16. The molecule has 0 aromatic heterocycles. The molecule has 2 rings (SSSR count). The van der Waals surface area contributed by atoms with Gasteiger partial charge in [-0.15, -0.1) is 0 Å². The molecule has 19 heavy (non-hydrogen) atoms. The predicted octanol–water partition coefficient (Wildman–Crippen LogP) is 3.08. The maximum Gasteiger partial charge on any atom is 0.325 e. The number of esters is 1. The van der Waals surface area contributed by atoms with E-state index in [4.69, 9.17) is 4.74 Å². The largest absolute Gasteiger partial charge is 0.425 e. The summed E-state index contributed by atoms with van der Waals surface area (Å²) in [4.78, 5) is 14.2. The van der Waals surface area contributed by atoms with Gasteiger partial charge in [0.05, 0.1) is 6.54 Å². The number of hydrogen-bond donors (Lipinski definition) is 0. The maximum absolute atomic E-state index is 12.0. The highest BCUT2D eigenvalue weighted by Crippen LogP contribution is 2.22. The molecular weight excluding hydrogens is 238 g/mol. The summed E-state index contributed by atoms with van der Waals surface area (Å²) in [5, 5.41) is 0. The zero-order valence-electron chi connectivity index (χ0n) is 11.9. The highest BCUT2D eigenvalue weighted by Gasteiger charge is 2.15. The second kappa shape index (κ2) is 6.71. The molecule has 3 nitrogen and oxygen atoms in total. The predicted molar refractivity (Wildman–Crippen MR) is 76.5 cm³/mol. The Morgan fingerprint density at radius 1 is 1.11 bits per heavy atom. The Hall–Kier alpha value is -1.35. The fraction of sp³-hybridized carbons (Fsp3) is 0.562. The molecule has 1 aromatic carbocycles. The lowest BCUT2D eigenvalue weighted by atomic mass is 10.1. The second-order valence-electron chi connectivity index (χ2n) is 5.39. The van der Waals surface area contributed by atoms with E-state index in [1.165, 1.54) is 25.7 Å². The molecule has 0 unspecified atom stereocenters. The van der Waals surface area contributed by atoms with Gasteiger partial charge < -0.3 is 4.74 Å². The van der Waals surface area contributed by atoms with Gasteiger partial charge in [-0.25, -0.2) is 0 Å². The standard InChI is InChI=1S/C16H23NO2/c1-13-8-7-9-14(2)16(13)19-15(18)12-17-10-5-3-4-6-11-17/h7-9H,3-6,10-12H2,1-2H3. The smallest absolute Gasteiger partial charge is 0.325 e. The number of carbonyl (C=O) groups is 1. The highest BCUT2D eigenvalue weighted by molar-refractivity contribution is 5.75. The topological polar surface area (TPSA) is 29.5 Å². The Balaban J connectivity index is 1.93. The van der Waals surface area contributed by atoms with Crippen molar-refractivity contribution in [2.45, 2.75) is 39.5 Å². The Morgan fingerprint density at radius 3 is 2.26 bits per heavy atom. The van der Waals surface area contributed by atoms with Crippen molar-refractivity contribution >= 4 is 5.97 Å². The molecule has 1 aliphatic rings. The van der Waals surface area contributed by atoms with E-state index in [-0.39, 0.29) is 5.97 Å². The number of rotatable bonds is 3. The van der Waals surface area contributed by atoms with Crippen LogP contribution in [-0.2, 0) is 4.79 Å². The van der Waals surface area contributed by atoms with Crippen molar-refractivity contribution < 1.29 is 9.53 Å². The molecule has 1 saturated heterocycles. The summed E-state index contributed by atoms with van der Waals surface area (Å²) in [5.74, 6) is 0.585. The van der Waals surface area contributed by atoms with Gasteiger partial charge >= 0.3 is 5.97 Å². The monoisotopic (exact) mass is 261 g/mol. The Bertz CT molecular complexity index is 414. The van der Waals surface area contributed by atoms with Gasteiger partial charge in [-0.1, -0.05) is 31.0 Å². The van der Waals surface area contributed by atoms with Crippen LogP contribution in [0, 0.1) is 13.8 Å². The zero-order valence-corrected chi connectivity index (χ0v) is 11.9. The average molecular weight is 261 g/mol. The van der Waals surface area contributed by atoms with Crippen molar-refractivity contribution in [3.05, 3.63) is 29.3 Å². The number of carbonyl (C=O) groups excluding carboxylic acids is 1. The van der Waals surface area contributed by atoms with E-state index in [2.05, 4.69) is 4.90 Å². The van der Waals surface area contributed by atoms with Crippen LogP contribution in [0.25, 0.3) is 0 Å². The van der Waals surface area contributed by atoms with Gasteiger partial charge in [0.15, 0.2) is 0 Å². The van der Waals surface area contributed by atoms with Crippen LogP contribution in [0.1, 0.15) is 36.8 Å². The van der Waals surface area contributed by atoms with Gasteiger partial charge in [-0.2, -0.15) is 0 Å². The molecule has 0 spiro atoms. The lowest BCUT2D eigenvalue weighted by Gasteiger charge is -2.19. The molecule has 0 aliphatic carbocycles. The van der Waals surface area contributed by atoms with Crippen LogP contribution in [0.5, 0.6) is 5.75 Å². The van der Waals surface area contributed by atoms with Crippen LogP contribution in [0.3, 0.4) is 0 Å². The van der Waals surface area contributed by atoms with E-state index < -0.39 is 0 Å². The molecule has 0 atom stereocenters. The number of para-hydroxylation sites is 1. The summed E-state index contributed by atoms with van der Waals surface area (Å²) in [6.07, 6.45) is 4.94. The molecule has 1 heterocycles. The molecular formula is C16H23NO2. The molecule has 0 amide bonds. The van der Waals surface area contributed by atoms with Crippen molar-refractivity contribution in [2.75, 3.05) is 19.6 Å². The minimum atomic E-state index is -0.140. The van der Waals surface area contributed by atoms with Gasteiger partial charge in [0.1, 0.15) is 5.75 Å². The molecule has 0 saturated carbocycles. The lowest BCUT2D eigenvalue weighted by molar-refractivity contribution is -0.135. The van der Waals surface area contributed by atoms with E-state index in [0.29, 0.717) is 6.54 Å². The van der Waals surface area contributed by atoms with Crippen LogP contribution in [-0.4, -0.2) is 30.5 Å². The van der Waals surface area contributed by atoms with Gasteiger partial charge in [-0.05, 0) is 50.9 Å². The van der Waals surface area contributed by atoms with E-state index >= 15 is 0 Å². The molecule has 0 N–H and O–H groups in total. The first-order chi connectivity index (χ1) is 9.16. The molecule has 1 fully saturated rings. The number of benzene rings is 1. The first kappa shape index (κ1) is 14.1. The van der Waals surface area contributed by atoms with Crippen LogP contribution in [0.2, 0.25) is 0 Å². The van der Waals surface area contributed by atoms with E-state index in [9.17, 15) is 4.79 Å². The zero-order chi connectivity index (χ0) is 13.7. The number of likely N-dealkylation sites (tertiary alicyclic amines) is 1. The molecule has 104 valence electrons. The third kappa shape index (κ3) is 4.06. The molecule has 3 heteroatoms. The average Bonchev–Trinajstić information content (AvgIpc) is 2.63. The molecule has 1 aliphatic heterocycles. The quantitative estimate of drug-likeness (QED) is 0.618.